The van der Waals surface area contributed by atoms with E-state index in [1.54, 1.807) is 29.2 Å². The van der Waals surface area contributed by atoms with E-state index in [9.17, 15) is 19.8 Å². The lowest BCUT2D eigenvalue weighted by atomic mass is 10.1. The van der Waals surface area contributed by atoms with Crippen LogP contribution in [0.5, 0.6) is 5.75 Å². The molecule has 1 amide bonds. The van der Waals surface area contributed by atoms with Gasteiger partial charge in [-0.05, 0) is 66.8 Å². The number of carbonyl (C=O) groups is 1. The number of nitrogens with zero attached hydrogens (tertiary/aromatic N) is 1. The Morgan fingerprint density at radius 2 is 1.68 bits per heavy atom. The van der Waals surface area contributed by atoms with Crippen molar-refractivity contribution >= 4 is 11.6 Å². The van der Waals surface area contributed by atoms with Crippen molar-refractivity contribution in [1.29, 1.82) is 0 Å². The van der Waals surface area contributed by atoms with Crippen LogP contribution in [-0.4, -0.2) is 40.2 Å². The van der Waals surface area contributed by atoms with Gasteiger partial charge < -0.3 is 24.8 Å². The molecule has 1 aliphatic heterocycles. The lowest BCUT2D eigenvalue weighted by Gasteiger charge is -2.15. The van der Waals surface area contributed by atoms with Crippen LogP contribution in [-0.2, 0) is 6.54 Å². The molecule has 3 aromatic rings. The standard InChI is InChI=1S/C27H22N2O5/c30-23-13-15-29(18-23)27(33)21-9-5-19(6-10-21)3-1-2-4-20-7-11-22(12-8-20)28-17-25-26(32)24(31)14-16-34-25/h5-12,14,16,23,28,30,32H,13,15,17-18H2. The molecule has 0 bridgehead atoms. The van der Waals surface area contributed by atoms with Crippen molar-refractivity contribution in [2.45, 2.75) is 19.1 Å². The molecule has 1 aromatic heterocycles. The molecule has 0 aliphatic carbocycles. The predicted octanol–water partition coefficient (Wildman–Crippen LogP) is 2.57. The Hall–Kier alpha value is -4.46. The quantitative estimate of drug-likeness (QED) is 0.524. The third kappa shape index (κ3) is 5.66. The van der Waals surface area contributed by atoms with E-state index >= 15 is 0 Å². The van der Waals surface area contributed by atoms with Gasteiger partial charge in [-0.1, -0.05) is 11.8 Å². The van der Waals surface area contributed by atoms with Crippen LogP contribution in [0.25, 0.3) is 0 Å². The van der Waals surface area contributed by atoms with Crippen molar-refractivity contribution in [3.8, 4) is 29.4 Å². The minimum Gasteiger partial charge on any atom is -0.502 e. The summed E-state index contributed by atoms with van der Waals surface area (Å²) in [4.78, 5) is 25.5. The Bertz CT molecular complexity index is 1350. The molecule has 170 valence electrons. The van der Waals surface area contributed by atoms with Gasteiger partial charge in [0.25, 0.3) is 5.91 Å². The van der Waals surface area contributed by atoms with E-state index in [0.717, 1.165) is 22.9 Å². The van der Waals surface area contributed by atoms with Crippen LogP contribution < -0.4 is 10.7 Å². The zero-order chi connectivity index (χ0) is 23.9. The van der Waals surface area contributed by atoms with Gasteiger partial charge in [-0.2, -0.15) is 0 Å². The molecule has 34 heavy (non-hydrogen) atoms. The SMILES string of the molecule is O=C(c1ccc(C#CC#Cc2ccc(NCc3occc(=O)c3O)cc2)cc1)N1CCC(O)C1. The number of carbonyl (C=O) groups excluding carboxylic acids is 1. The molecule has 0 radical (unpaired) electrons. The minimum atomic E-state index is -0.484. The number of anilines is 1. The van der Waals surface area contributed by atoms with Crippen LogP contribution in [0.1, 0.15) is 33.7 Å². The molecule has 0 spiro atoms. The first-order valence-electron chi connectivity index (χ1n) is 10.7. The lowest BCUT2D eigenvalue weighted by Crippen LogP contribution is -2.29. The third-order valence-corrected chi connectivity index (χ3v) is 5.32. The van der Waals surface area contributed by atoms with Gasteiger partial charge in [-0.3, -0.25) is 9.59 Å². The maximum atomic E-state index is 12.4. The highest BCUT2D eigenvalue weighted by molar-refractivity contribution is 5.94. The lowest BCUT2D eigenvalue weighted by molar-refractivity contribution is 0.0765. The van der Waals surface area contributed by atoms with E-state index in [2.05, 4.69) is 29.0 Å². The maximum Gasteiger partial charge on any atom is 0.253 e. The molecular formula is C27H22N2O5. The topological polar surface area (TPSA) is 103 Å². The average Bonchev–Trinajstić information content (AvgIpc) is 3.30. The Morgan fingerprint density at radius 1 is 1.03 bits per heavy atom. The molecule has 4 rings (SSSR count). The summed E-state index contributed by atoms with van der Waals surface area (Å²) in [5, 5.41) is 22.4. The van der Waals surface area contributed by atoms with E-state index in [0.29, 0.717) is 25.1 Å². The zero-order valence-corrected chi connectivity index (χ0v) is 18.2. The number of rotatable bonds is 4. The monoisotopic (exact) mass is 454 g/mol. The van der Waals surface area contributed by atoms with Gasteiger partial charge in [-0.15, -0.1) is 0 Å². The molecule has 2 heterocycles. The van der Waals surface area contributed by atoms with Gasteiger partial charge in [0.2, 0.25) is 11.2 Å². The molecule has 7 heteroatoms. The maximum absolute atomic E-state index is 12.4. The third-order valence-electron chi connectivity index (χ3n) is 5.32. The molecule has 1 atom stereocenters. The first-order valence-corrected chi connectivity index (χ1v) is 10.7. The molecule has 2 aromatic carbocycles. The molecule has 3 N–H and O–H groups in total. The molecular weight excluding hydrogens is 432 g/mol. The van der Waals surface area contributed by atoms with Gasteiger partial charge in [0.1, 0.15) is 0 Å². The van der Waals surface area contributed by atoms with Crippen molar-refractivity contribution < 1.29 is 19.4 Å². The highest BCUT2D eigenvalue weighted by atomic mass is 16.4. The number of β-amino-alcohol motifs (C(OH)–C–C–N with tert-alkyl or cyclic N) is 1. The van der Waals surface area contributed by atoms with Gasteiger partial charge in [-0.25, -0.2) is 0 Å². The highest BCUT2D eigenvalue weighted by Gasteiger charge is 2.25. The number of aliphatic hydroxyl groups is 1. The van der Waals surface area contributed by atoms with Gasteiger partial charge in [0, 0.05) is 41.5 Å². The zero-order valence-electron chi connectivity index (χ0n) is 18.2. The van der Waals surface area contributed by atoms with E-state index < -0.39 is 17.3 Å². The van der Waals surface area contributed by atoms with Crippen molar-refractivity contribution in [3.05, 3.63) is 93.5 Å². The van der Waals surface area contributed by atoms with Crippen LogP contribution in [0.15, 0.2) is 70.1 Å². The number of benzene rings is 2. The number of aliphatic hydroxyl groups excluding tert-OH is 1. The number of likely N-dealkylation sites (tertiary alicyclic amines) is 1. The van der Waals surface area contributed by atoms with Gasteiger partial charge >= 0.3 is 0 Å². The molecule has 1 unspecified atom stereocenters. The summed E-state index contributed by atoms with van der Waals surface area (Å²) in [5.74, 6) is 11.2. The molecule has 1 saturated heterocycles. The van der Waals surface area contributed by atoms with Crippen LogP contribution in [0.3, 0.4) is 0 Å². The average molecular weight is 454 g/mol. The second-order valence-corrected chi connectivity index (χ2v) is 7.76. The van der Waals surface area contributed by atoms with Crippen LogP contribution in [0.4, 0.5) is 5.69 Å². The van der Waals surface area contributed by atoms with E-state index in [1.807, 2.05) is 24.3 Å². The van der Waals surface area contributed by atoms with Gasteiger partial charge in [0.15, 0.2) is 5.76 Å². The summed E-state index contributed by atoms with van der Waals surface area (Å²) in [7, 11) is 0. The normalized spacial score (nSPS) is 14.5. The summed E-state index contributed by atoms with van der Waals surface area (Å²) in [6, 6.07) is 15.5. The first-order chi connectivity index (χ1) is 16.5. The second kappa shape index (κ2) is 10.4. The highest BCUT2D eigenvalue weighted by Crippen LogP contribution is 2.15. The van der Waals surface area contributed by atoms with Crippen molar-refractivity contribution in [3.63, 3.8) is 0 Å². The Labute approximate surface area is 196 Å². The fraction of sp³-hybridized carbons (Fsp3) is 0.185. The van der Waals surface area contributed by atoms with E-state index in [-0.39, 0.29) is 18.2 Å². The van der Waals surface area contributed by atoms with E-state index in [4.69, 9.17) is 4.42 Å². The Morgan fingerprint density at radius 3 is 2.29 bits per heavy atom. The molecule has 1 aliphatic rings. The summed E-state index contributed by atoms with van der Waals surface area (Å²) < 4.78 is 5.15. The van der Waals surface area contributed by atoms with Crippen molar-refractivity contribution in [2.75, 3.05) is 18.4 Å². The summed E-state index contributed by atoms with van der Waals surface area (Å²) in [6.45, 7) is 1.12. The van der Waals surface area contributed by atoms with Gasteiger partial charge in [0.05, 0.1) is 18.9 Å². The number of aromatic hydroxyl groups is 1. The fourth-order valence-electron chi connectivity index (χ4n) is 3.44. The first kappa shape index (κ1) is 22.7. The Balaban J connectivity index is 1.32. The Kier molecular flexibility index (Phi) is 6.98. The number of nitrogens with one attached hydrogen (secondary N) is 1. The number of hydrogen-bond acceptors (Lipinski definition) is 6. The number of hydrogen-bond donors (Lipinski definition) is 3. The second-order valence-electron chi connectivity index (χ2n) is 7.76. The number of amides is 1. The van der Waals surface area contributed by atoms with E-state index in [1.165, 1.54) is 6.26 Å². The molecule has 7 nitrogen and oxygen atoms in total. The minimum absolute atomic E-state index is 0.0843. The largest absolute Gasteiger partial charge is 0.502 e. The van der Waals surface area contributed by atoms with Crippen molar-refractivity contribution in [2.24, 2.45) is 0 Å². The van der Waals surface area contributed by atoms with Crippen LogP contribution in [0.2, 0.25) is 0 Å². The summed E-state index contributed by atoms with van der Waals surface area (Å²) >= 11 is 0. The predicted molar refractivity (Wildman–Crippen MR) is 127 cm³/mol. The summed E-state index contributed by atoms with van der Waals surface area (Å²) in [6.07, 6.45) is 1.42. The molecule has 1 fully saturated rings. The smallest absolute Gasteiger partial charge is 0.253 e. The van der Waals surface area contributed by atoms with Crippen molar-refractivity contribution in [1.82, 2.24) is 4.90 Å². The molecule has 0 saturated carbocycles. The summed E-state index contributed by atoms with van der Waals surface area (Å²) in [5.41, 5.74) is 2.40. The van der Waals surface area contributed by atoms with Crippen LogP contribution >= 0.6 is 0 Å². The van der Waals surface area contributed by atoms with Crippen LogP contribution in [0, 0.1) is 23.7 Å². The fourth-order valence-corrected chi connectivity index (χ4v) is 3.44.